The van der Waals surface area contributed by atoms with E-state index in [1.807, 2.05) is 7.11 Å². The van der Waals surface area contributed by atoms with Crippen LogP contribution >= 0.6 is 0 Å². The summed E-state index contributed by atoms with van der Waals surface area (Å²) in [6.07, 6.45) is 10.1. The monoisotopic (exact) mass is 238 g/mol. The molecule has 2 aliphatic carbocycles. The molecule has 4 unspecified atom stereocenters. The van der Waals surface area contributed by atoms with Gasteiger partial charge in [0.15, 0.2) is 0 Å². The molecular formula is C15H26O2. The predicted molar refractivity (Wildman–Crippen MR) is 68.9 cm³/mol. The van der Waals surface area contributed by atoms with Gasteiger partial charge >= 0.3 is 0 Å². The van der Waals surface area contributed by atoms with Crippen molar-refractivity contribution in [2.75, 3.05) is 7.11 Å². The van der Waals surface area contributed by atoms with Gasteiger partial charge in [-0.05, 0) is 37.5 Å². The molecule has 17 heavy (non-hydrogen) atoms. The minimum atomic E-state index is 0.455. The lowest BCUT2D eigenvalue weighted by atomic mass is 9.70. The maximum Gasteiger partial charge on any atom is 0.136 e. The number of Topliss-reactive ketones (excluding diaryl/α,β-unsaturated/α-hetero) is 1. The SMILES string of the molecule is CCC(CCCCC1CCC2C(=O)CC12)OC. The van der Waals surface area contributed by atoms with Gasteiger partial charge in [0.05, 0.1) is 6.10 Å². The van der Waals surface area contributed by atoms with Crippen molar-refractivity contribution in [1.82, 2.24) is 0 Å². The molecule has 2 saturated carbocycles. The van der Waals surface area contributed by atoms with Crippen LogP contribution in [-0.2, 0) is 9.53 Å². The molecule has 2 heteroatoms. The standard InChI is InChI=1S/C15H26O2/c1-3-12(17-2)7-5-4-6-11-8-9-13-14(11)10-15(13)16/h11-14H,3-10H2,1-2H3. The van der Waals surface area contributed by atoms with E-state index in [1.54, 1.807) is 0 Å². The maximum atomic E-state index is 11.3. The number of ether oxygens (including phenoxy) is 1. The molecule has 0 spiro atoms. The van der Waals surface area contributed by atoms with Crippen molar-refractivity contribution < 1.29 is 9.53 Å². The number of fused-ring (bicyclic) bond motifs is 1. The molecule has 0 saturated heterocycles. The Morgan fingerprint density at radius 3 is 2.76 bits per heavy atom. The molecule has 0 N–H and O–H groups in total. The number of hydrogen-bond donors (Lipinski definition) is 0. The molecule has 2 nitrogen and oxygen atoms in total. The van der Waals surface area contributed by atoms with Gasteiger partial charge in [-0.3, -0.25) is 4.79 Å². The van der Waals surface area contributed by atoms with E-state index in [4.69, 9.17) is 4.74 Å². The zero-order valence-corrected chi connectivity index (χ0v) is 11.3. The van der Waals surface area contributed by atoms with Crippen LogP contribution in [0.2, 0.25) is 0 Å². The zero-order chi connectivity index (χ0) is 12.3. The summed E-state index contributed by atoms with van der Waals surface area (Å²) in [5, 5.41) is 0. The summed E-state index contributed by atoms with van der Waals surface area (Å²) < 4.78 is 5.39. The van der Waals surface area contributed by atoms with E-state index in [-0.39, 0.29) is 0 Å². The summed E-state index contributed by atoms with van der Waals surface area (Å²) in [5.41, 5.74) is 0. The van der Waals surface area contributed by atoms with E-state index < -0.39 is 0 Å². The van der Waals surface area contributed by atoms with Crippen molar-refractivity contribution in [3.8, 4) is 0 Å². The van der Waals surface area contributed by atoms with Crippen LogP contribution < -0.4 is 0 Å². The van der Waals surface area contributed by atoms with Crippen molar-refractivity contribution in [3.05, 3.63) is 0 Å². The van der Waals surface area contributed by atoms with Crippen LogP contribution in [0.3, 0.4) is 0 Å². The third-order valence-electron chi connectivity index (χ3n) is 4.96. The normalized spacial score (nSPS) is 33.3. The largest absolute Gasteiger partial charge is 0.381 e. The first-order chi connectivity index (χ1) is 8.26. The van der Waals surface area contributed by atoms with E-state index in [2.05, 4.69) is 6.92 Å². The molecule has 0 amide bonds. The van der Waals surface area contributed by atoms with Gasteiger partial charge in [0, 0.05) is 19.4 Å². The highest BCUT2D eigenvalue weighted by atomic mass is 16.5. The second-order valence-corrected chi connectivity index (χ2v) is 5.83. The molecule has 0 bridgehead atoms. The highest BCUT2D eigenvalue weighted by Crippen LogP contribution is 2.49. The Morgan fingerprint density at radius 2 is 2.18 bits per heavy atom. The number of ketones is 1. The molecule has 0 heterocycles. The maximum absolute atomic E-state index is 11.3. The van der Waals surface area contributed by atoms with E-state index in [0.717, 1.165) is 24.7 Å². The van der Waals surface area contributed by atoms with E-state index in [1.165, 1.54) is 38.5 Å². The van der Waals surface area contributed by atoms with Gasteiger partial charge in [-0.1, -0.05) is 26.2 Å². The quantitative estimate of drug-likeness (QED) is 0.634. The number of methoxy groups -OCH3 is 1. The lowest BCUT2D eigenvalue weighted by Gasteiger charge is -2.32. The van der Waals surface area contributed by atoms with Crippen molar-refractivity contribution in [2.45, 2.75) is 64.4 Å². The molecule has 0 aromatic carbocycles. The third-order valence-corrected chi connectivity index (χ3v) is 4.96. The Labute approximate surface area is 105 Å². The lowest BCUT2D eigenvalue weighted by molar-refractivity contribution is -0.133. The Morgan fingerprint density at radius 1 is 1.35 bits per heavy atom. The molecule has 0 aromatic rings. The summed E-state index contributed by atoms with van der Waals surface area (Å²) in [6, 6.07) is 0. The van der Waals surface area contributed by atoms with Gasteiger partial charge in [-0.25, -0.2) is 0 Å². The van der Waals surface area contributed by atoms with Crippen LogP contribution in [0.15, 0.2) is 0 Å². The van der Waals surface area contributed by atoms with Gasteiger partial charge < -0.3 is 4.74 Å². The Hall–Kier alpha value is -0.370. The van der Waals surface area contributed by atoms with Crippen LogP contribution in [0.5, 0.6) is 0 Å². The topological polar surface area (TPSA) is 26.3 Å². The summed E-state index contributed by atoms with van der Waals surface area (Å²) in [6.45, 7) is 2.19. The molecule has 98 valence electrons. The predicted octanol–water partition coefficient (Wildman–Crippen LogP) is 3.59. The second kappa shape index (κ2) is 5.99. The highest BCUT2D eigenvalue weighted by Gasteiger charge is 2.47. The van der Waals surface area contributed by atoms with Crippen LogP contribution in [0.4, 0.5) is 0 Å². The van der Waals surface area contributed by atoms with Crippen LogP contribution in [0, 0.1) is 17.8 Å². The lowest BCUT2D eigenvalue weighted by Crippen LogP contribution is -2.35. The highest BCUT2D eigenvalue weighted by molar-refractivity contribution is 5.87. The van der Waals surface area contributed by atoms with Gasteiger partial charge in [-0.15, -0.1) is 0 Å². The fraction of sp³-hybridized carbons (Fsp3) is 0.933. The first-order valence-electron chi connectivity index (χ1n) is 7.31. The number of carbonyl (C=O) groups is 1. The molecule has 0 aromatic heterocycles. The van der Waals surface area contributed by atoms with Crippen LogP contribution in [-0.4, -0.2) is 19.0 Å². The van der Waals surface area contributed by atoms with E-state index in [0.29, 0.717) is 17.8 Å². The summed E-state index contributed by atoms with van der Waals surface area (Å²) in [7, 11) is 1.82. The van der Waals surface area contributed by atoms with Gasteiger partial charge in [0.2, 0.25) is 0 Å². The van der Waals surface area contributed by atoms with Crippen molar-refractivity contribution in [2.24, 2.45) is 17.8 Å². The Bertz CT molecular complexity index is 258. The van der Waals surface area contributed by atoms with Crippen molar-refractivity contribution >= 4 is 5.78 Å². The molecule has 2 rings (SSSR count). The Balaban J connectivity index is 1.59. The number of unbranched alkanes of at least 4 members (excludes halogenated alkanes) is 1. The number of hydrogen-bond acceptors (Lipinski definition) is 2. The minimum absolute atomic E-state index is 0.455. The molecule has 2 aliphatic rings. The van der Waals surface area contributed by atoms with Gasteiger partial charge in [0.1, 0.15) is 5.78 Å². The fourth-order valence-electron chi connectivity index (χ4n) is 3.71. The van der Waals surface area contributed by atoms with E-state index in [9.17, 15) is 4.79 Å². The average molecular weight is 238 g/mol. The average Bonchev–Trinajstić information content (AvgIpc) is 2.66. The molecule has 0 aliphatic heterocycles. The molecular weight excluding hydrogens is 212 g/mol. The third kappa shape index (κ3) is 2.90. The first-order valence-corrected chi connectivity index (χ1v) is 7.31. The van der Waals surface area contributed by atoms with E-state index >= 15 is 0 Å². The minimum Gasteiger partial charge on any atom is -0.381 e. The van der Waals surface area contributed by atoms with Crippen molar-refractivity contribution in [1.29, 1.82) is 0 Å². The van der Waals surface area contributed by atoms with Crippen LogP contribution in [0.25, 0.3) is 0 Å². The summed E-state index contributed by atoms with van der Waals surface area (Å²) in [4.78, 5) is 11.3. The molecule has 4 atom stereocenters. The number of rotatable bonds is 7. The van der Waals surface area contributed by atoms with Crippen molar-refractivity contribution in [3.63, 3.8) is 0 Å². The second-order valence-electron chi connectivity index (χ2n) is 5.83. The zero-order valence-electron chi connectivity index (χ0n) is 11.3. The molecule has 2 fully saturated rings. The van der Waals surface area contributed by atoms with Gasteiger partial charge in [-0.2, -0.15) is 0 Å². The van der Waals surface area contributed by atoms with Crippen LogP contribution in [0.1, 0.15) is 58.3 Å². The first kappa shape index (κ1) is 13.1. The summed E-state index contributed by atoms with van der Waals surface area (Å²) >= 11 is 0. The fourth-order valence-corrected chi connectivity index (χ4v) is 3.71. The molecule has 0 radical (unpaired) electrons. The smallest absolute Gasteiger partial charge is 0.136 e. The Kier molecular flexibility index (Phi) is 4.61. The van der Waals surface area contributed by atoms with Gasteiger partial charge in [0.25, 0.3) is 0 Å². The number of carbonyl (C=O) groups excluding carboxylic acids is 1. The summed E-state index contributed by atoms with van der Waals surface area (Å²) in [5.74, 6) is 2.65.